The number of hydrogen-bond donors (Lipinski definition) is 0. The molecule has 5 heteroatoms. The monoisotopic (exact) mass is 461 g/mol. The summed E-state index contributed by atoms with van der Waals surface area (Å²) in [7, 11) is 0. The van der Waals surface area contributed by atoms with E-state index in [-0.39, 0.29) is 11.3 Å². The van der Waals surface area contributed by atoms with E-state index in [2.05, 4.69) is 53.8 Å². The molecule has 1 saturated carbocycles. The second kappa shape index (κ2) is 8.98. The smallest absolute Gasteiger partial charge is 0.233 e. The molecular formula is C28H32ClN3O. The zero-order chi connectivity index (χ0) is 23.0. The number of nitrogens with zero attached hydrogens (tertiary/aromatic N) is 3. The van der Waals surface area contributed by atoms with Gasteiger partial charge in [0.1, 0.15) is 5.82 Å². The fourth-order valence-electron chi connectivity index (χ4n) is 5.18. The third kappa shape index (κ3) is 4.46. The Hall–Kier alpha value is -2.59. The van der Waals surface area contributed by atoms with Crippen molar-refractivity contribution in [3.63, 3.8) is 0 Å². The van der Waals surface area contributed by atoms with Gasteiger partial charge in [0.25, 0.3) is 0 Å². The van der Waals surface area contributed by atoms with Crippen LogP contribution < -0.4 is 0 Å². The predicted octanol–water partition coefficient (Wildman–Crippen LogP) is 6.15. The zero-order valence-electron chi connectivity index (χ0n) is 19.5. The normalized spacial score (nSPS) is 18.0. The van der Waals surface area contributed by atoms with Crippen LogP contribution >= 0.6 is 11.6 Å². The summed E-state index contributed by atoms with van der Waals surface area (Å²) in [5.41, 5.74) is 3.45. The van der Waals surface area contributed by atoms with E-state index in [1.807, 2.05) is 30.5 Å². The van der Waals surface area contributed by atoms with Crippen molar-refractivity contribution in [2.45, 2.75) is 63.3 Å². The summed E-state index contributed by atoms with van der Waals surface area (Å²) in [6.45, 7) is 6.89. The molecule has 2 heterocycles. The Labute approximate surface area is 201 Å². The number of carbonyl (C=O) groups excluding carboxylic acids is 1. The van der Waals surface area contributed by atoms with Crippen molar-refractivity contribution in [2.24, 2.45) is 0 Å². The Morgan fingerprint density at radius 1 is 1.06 bits per heavy atom. The van der Waals surface area contributed by atoms with E-state index in [1.54, 1.807) is 0 Å². The maximum Gasteiger partial charge on any atom is 0.233 e. The number of hydrogen-bond acceptors (Lipinski definition) is 2. The molecule has 0 radical (unpaired) electrons. The van der Waals surface area contributed by atoms with Gasteiger partial charge in [-0.25, -0.2) is 4.98 Å². The maximum atomic E-state index is 13.4. The first-order chi connectivity index (χ1) is 16.0. The first-order valence-electron chi connectivity index (χ1n) is 12.1. The number of likely N-dealkylation sites (tertiary alicyclic amines) is 1. The molecule has 172 valence electrons. The number of rotatable bonds is 6. The lowest BCUT2D eigenvalue weighted by Crippen LogP contribution is -2.44. The highest BCUT2D eigenvalue weighted by molar-refractivity contribution is 6.30. The fourth-order valence-corrected chi connectivity index (χ4v) is 5.31. The standard InChI is InChI=1S/C28H32ClN3O/c1-20(2)22-5-3-21(4-6-22)19-32-18-15-30-26(32)23-11-16-31(17-12-23)27(33)28(13-14-28)24-7-9-25(29)10-8-24/h3-10,15,18,20,23H,11-14,16-17,19H2,1-2H3. The van der Waals surface area contributed by atoms with E-state index in [0.717, 1.165) is 56.7 Å². The minimum atomic E-state index is -0.321. The van der Waals surface area contributed by atoms with Crippen molar-refractivity contribution < 1.29 is 4.79 Å². The van der Waals surface area contributed by atoms with Crippen molar-refractivity contribution in [1.82, 2.24) is 14.5 Å². The van der Waals surface area contributed by atoms with Crippen LogP contribution in [0, 0.1) is 0 Å². The van der Waals surface area contributed by atoms with Gasteiger partial charge >= 0.3 is 0 Å². The molecule has 2 aliphatic rings. The number of aromatic nitrogens is 2. The van der Waals surface area contributed by atoms with Gasteiger partial charge in [-0.1, -0.05) is 61.8 Å². The van der Waals surface area contributed by atoms with Crippen LogP contribution in [0.1, 0.15) is 73.9 Å². The molecule has 0 atom stereocenters. The molecule has 2 aromatic carbocycles. The van der Waals surface area contributed by atoms with E-state index in [0.29, 0.717) is 16.9 Å². The van der Waals surface area contributed by atoms with Gasteiger partial charge in [-0.3, -0.25) is 4.79 Å². The number of halogens is 1. The Bertz CT molecular complexity index is 1100. The Morgan fingerprint density at radius 2 is 1.73 bits per heavy atom. The predicted molar refractivity (Wildman–Crippen MR) is 133 cm³/mol. The number of amides is 1. The first-order valence-corrected chi connectivity index (χ1v) is 12.5. The van der Waals surface area contributed by atoms with Crippen LogP contribution in [0.5, 0.6) is 0 Å². The van der Waals surface area contributed by atoms with E-state index in [1.165, 1.54) is 11.1 Å². The molecule has 1 aromatic heterocycles. The van der Waals surface area contributed by atoms with E-state index < -0.39 is 0 Å². The van der Waals surface area contributed by atoms with Crippen molar-refractivity contribution >= 4 is 17.5 Å². The van der Waals surface area contributed by atoms with Gasteiger partial charge < -0.3 is 9.47 Å². The van der Waals surface area contributed by atoms with Gasteiger partial charge in [-0.2, -0.15) is 0 Å². The lowest BCUT2D eigenvalue weighted by Gasteiger charge is -2.34. The van der Waals surface area contributed by atoms with Crippen molar-refractivity contribution in [2.75, 3.05) is 13.1 Å². The minimum Gasteiger partial charge on any atom is -0.342 e. The van der Waals surface area contributed by atoms with Crippen molar-refractivity contribution in [3.05, 3.63) is 88.5 Å². The molecule has 0 unspecified atom stereocenters. The molecule has 1 aliphatic heterocycles. The number of benzene rings is 2. The zero-order valence-corrected chi connectivity index (χ0v) is 20.3. The highest BCUT2D eigenvalue weighted by atomic mass is 35.5. The van der Waals surface area contributed by atoms with Gasteiger partial charge in [0.15, 0.2) is 0 Å². The van der Waals surface area contributed by atoms with Crippen LogP contribution in [0.3, 0.4) is 0 Å². The quantitative estimate of drug-likeness (QED) is 0.441. The van der Waals surface area contributed by atoms with Gasteiger partial charge in [-0.15, -0.1) is 0 Å². The molecule has 3 aromatic rings. The number of piperidine rings is 1. The SMILES string of the molecule is CC(C)c1ccc(Cn2ccnc2C2CCN(C(=O)C3(c4ccc(Cl)cc4)CC3)CC2)cc1. The summed E-state index contributed by atoms with van der Waals surface area (Å²) in [6, 6.07) is 16.7. The first kappa shape index (κ1) is 22.2. The Kier molecular flexibility index (Phi) is 6.05. The fraction of sp³-hybridized carbons (Fsp3) is 0.429. The number of imidazole rings is 1. The van der Waals surface area contributed by atoms with Gasteiger partial charge in [-0.05, 0) is 60.4 Å². The van der Waals surface area contributed by atoms with Crippen LogP contribution in [-0.4, -0.2) is 33.4 Å². The van der Waals surface area contributed by atoms with Crippen LogP contribution in [0.25, 0.3) is 0 Å². The van der Waals surface area contributed by atoms with Crippen LogP contribution in [0.15, 0.2) is 60.9 Å². The molecule has 2 fully saturated rings. The summed E-state index contributed by atoms with van der Waals surface area (Å²) in [5.74, 6) is 2.38. The lowest BCUT2D eigenvalue weighted by atomic mass is 9.91. The average molecular weight is 462 g/mol. The van der Waals surface area contributed by atoms with Gasteiger partial charge in [0, 0.05) is 43.0 Å². The van der Waals surface area contributed by atoms with Crippen molar-refractivity contribution in [3.8, 4) is 0 Å². The van der Waals surface area contributed by atoms with E-state index >= 15 is 0 Å². The molecule has 0 N–H and O–H groups in total. The van der Waals surface area contributed by atoms with Crippen molar-refractivity contribution in [1.29, 1.82) is 0 Å². The molecule has 1 amide bonds. The van der Waals surface area contributed by atoms with Crippen LogP contribution in [-0.2, 0) is 16.8 Å². The van der Waals surface area contributed by atoms with Gasteiger partial charge in [0.05, 0.1) is 5.41 Å². The van der Waals surface area contributed by atoms with Gasteiger partial charge in [0.2, 0.25) is 5.91 Å². The lowest BCUT2D eigenvalue weighted by molar-refractivity contribution is -0.135. The summed E-state index contributed by atoms with van der Waals surface area (Å²) < 4.78 is 2.28. The molecule has 0 spiro atoms. The molecule has 33 heavy (non-hydrogen) atoms. The summed E-state index contributed by atoms with van der Waals surface area (Å²) in [4.78, 5) is 20.2. The summed E-state index contributed by atoms with van der Waals surface area (Å²) >= 11 is 6.06. The topological polar surface area (TPSA) is 38.1 Å². The Morgan fingerprint density at radius 3 is 2.33 bits per heavy atom. The average Bonchev–Trinajstić information content (AvgIpc) is 3.52. The van der Waals surface area contributed by atoms with E-state index in [9.17, 15) is 4.79 Å². The minimum absolute atomic E-state index is 0.289. The summed E-state index contributed by atoms with van der Waals surface area (Å²) in [5, 5.41) is 0.717. The highest BCUT2D eigenvalue weighted by Gasteiger charge is 2.53. The van der Waals surface area contributed by atoms with Crippen LogP contribution in [0.4, 0.5) is 0 Å². The highest BCUT2D eigenvalue weighted by Crippen LogP contribution is 2.50. The third-order valence-corrected chi connectivity index (χ3v) is 7.70. The number of carbonyl (C=O) groups is 1. The largest absolute Gasteiger partial charge is 0.342 e. The molecule has 4 nitrogen and oxygen atoms in total. The summed E-state index contributed by atoms with van der Waals surface area (Å²) in [6.07, 6.45) is 7.80. The second-order valence-corrected chi connectivity index (χ2v) is 10.4. The van der Waals surface area contributed by atoms with Crippen LogP contribution in [0.2, 0.25) is 5.02 Å². The molecule has 5 rings (SSSR count). The second-order valence-electron chi connectivity index (χ2n) is 9.97. The molecule has 1 aliphatic carbocycles. The third-order valence-electron chi connectivity index (χ3n) is 7.45. The molecule has 0 bridgehead atoms. The van der Waals surface area contributed by atoms with E-state index in [4.69, 9.17) is 16.6 Å². The molecular weight excluding hydrogens is 430 g/mol. The molecule has 1 saturated heterocycles. The maximum absolute atomic E-state index is 13.4. The Balaban J connectivity index is 1.23.